The van der Waals surface area contributed by atoms with E-state index in [9.17, 15) is 4.79 Å². The summed E-state index contributed by atoms with van der Waals surface area (Å²) in [5.41, 5.74) is 2.14. The van der Waals surface area contributed by atoms with Gasteiger partial charge in [0.1, 0.15) is 5.76 Å². The number of nitrogens with zero attached hydrogens (tertiary/aromatic N) is 1. The van der Waals surface area contributed by atoms with Crippen molar-refractivity contribution in [1.29, 1.82) is 0 Å². The minimum atomic E-state index is -0.0228. The Kier molecular flexibility index (Phi) is 5.78. The first-order chi connectivity index (χ1) is 10.6. The number of hydrogen-bond acceptors (Lipinski definition) is 3. The molecule has 0 fully saturated rings. The molecule has 0 radical (unpaired) electrons. The maximum Gasteiger partial charge on any atom is 0.238 e. The SMILES string of the molecule is CC[C@H](C)c1ccc(NC(=O)CN(C)Cc2ccco2)cc1. The number of furan rings is 1. The summed E-state index contributed by atoms with van der Waals surface area (Å²) in [6, 6.07) is 11.8. The van der Waals surface area contributed by atoms with Gasteiger partial charge in [-0.05, 0) is 49.2 Å². The monoisotopic (exact) mass is 300 g/mol. The second-order valence-electron chi connectivity index (χ2n) is 5.73. The smallest absolute Gasteiger partial charge is 0.238 e. The Balaban J connectivity index is 1.83. The zero-order valence-electron chi connectivity index (χ0n) is 13.5. The third-order valence-corrected chi connectivity index (χ3v) is 3.80. The maximum absolute atomic E-state index is 12.0. The summed E-state index contributed by atoms with van der Waals surface area (Å²) in [5, 5.41) is 2.93. The summed E-state index contributed by atoms with van der Waals surface area (Å²) in [7, 11) is 1.90. The van der Waals surface area contributed by atoms with Gasteiger partial charge in [0.2, 0.25) is 5.91 Å². The molecule has 4 nitrogen and oxygen atoms in total. The van der Waals surface area contributed by atoms with Crippen molar-refractivity contribution >= 4 is 11.6 Å². The van der Waals surface area contributed by atoms with Crippen LogP contribution in [0.5, 0.6) is 0 Å². The minimum Gasteiger partial charge on any atom is -0.468 e. The number of hydrogen-bond donors (Lipinski definition) is 1. The molecule has 0 saturated heterocycles. The van der Waals surface area contributed by atoms with Crippen molar-refractivity contribution in [2.45, 2.75) is 32.7 Å². The van der Waals surface area contributed by atoms with Gasteiger partial charge in [-0.25, -0.2) is 0 Å². The van der Waals surface area contributed by atoms with Gasteiger partial charge in [0.25, 0.3) is 0 Å². The summed E-state index contributed by atoms with van der Waals surface area (Å²) in [4.78, 5) is 14.0. The minimum absolute atomic E-state index is 0.0228. The highest BCUT2D eigenvalue weighted by atomic mass is 16.3. The fourth-order valence-electron chi connectivity index (χ4n) is 2.30. The Morgan fingerprint density at radius 1 is 1.27 bits per heavy atom. The van der Waals surface area contributed by atoms with E-state index in [1.165, 1.54) is 5.56 Å². The van der Waals surface area contributed by atoms with Crippen LogP contribution in [0, 0.1) is 0 Å². The van der Waals surface area contributed by atoms with E-state index < -0.39 is 0 Å². The first-order valence-corrected chi connectivity index (χ1v) is 7.69. The number of likely N-dealkylation sites (N-methyl/N-ethyl adjacent to an activating group) is 1. The molecule has 1 amide bonds. The Bertz CT molecular complexity index is 576. The predicted octanol–water partition coefficient (Wildman–Crippen LogP) is 3.86. The van der Waals surface area contributed by atoms with Crippen LogP contribution < -0.4 is 5.32 Å². The molecule has 1 heterocycles. The summed E-state index contributed by atoms with van der Waals surface area (Å²) in [6.07, 6.45) is 2.76. The lowest BCUT2D eigenvalue weighted by Crippen LogP contribution is -2.29. The molecule has 1 N–H and O–H groups in total. The highest BCUT2D eigenvalue weighted by molar-refractivity contribution is 5.92. The number of rotatable bonds is 7. The number of carbonyl (C=O) groups is 1. The third-order valence-electron chi connectivity index (χ3n) is 3.80. The molecule has 0 aliphatic carbocycles. The van der Waals surface area contributed by atoms with E-state index in [1.807, 2.05) is 36.2 Å². The number of benzene rings is 1. The lowest BCUT2D eigenvalue weighted by atomic mass is 9.99. The van der Waals surface area contributed by atoms with Gasteiger partial charge < -0.3 is 9.73 Å². The Hall–Kier alpha value is -2.07. The van der Waals surface area contributed by atoms with Crippen molar-refractivity contribution in [2.75, 3.05) is 18.9 Å². The molecular formula is C18H24N2O2. The van der Waals surface area contributed by atoms with Crippen LogP contribution >= 0.6 is 0 Å². The molecule has 22 heavy (non-hydrogen) atoms. The van der Waals surface area contributed by atoms with E-state index in [-0.39, 0.29) is 5.91 Å². The van der Waals surface area contributed by atoms with Crippen LogP contribution in [-0.2, 0) is 11.3 Å². The van der Waals surface area contributed by atoms with Gasteiger partial charge >= 0.3 is 0 Å². The van der Waals surface area contributed by atoms with E-state index in [4.69, 9.17) is 4.42 Å². The zero-order chi connectivity index (χ0) is 15.9. The number of nitrogens with one attached hydrogen (secondary N) is 1. The molecule has 0 saturated carbocycles. The van der Waals surface area contributed by atoms with Gasteiger partial charge in [0, 0.05) is 5.69 Å². The summed E-state index contributed by atoms with van der Waals surface area (Å²) >= 11 is 0. The third kappa shape index (κ3) is 4.74. The standard InChI is InChI=1S/C18H24N2O2/c1-4-14(2)15-7-9-16(10-8-15)19-18(21)13-20(3)12-17-6-5-11-22-17/h5-11,14H,4,12-13H2,1-3H3,(H,19,21)/t14-/m0/s1. The average molecular weight is 300 g/mol. The molecule has 0 spiro atoms. The van der Waals surface area contributed by atoms with Crippen LogP contribution in [0.25, 0.3) is 0 Å². The van der Waals surface area contributed by atoms with E-state index in [0.717, 1.165) is 17.9 Å². The van der Waals surface area contributed by atoms with E-state index in [1.54, 1.807) is 6.26 Å². The van der Waals surface area contributed by atoms with Crippen molar-refractivity contribution in [3.63, 3.8) is 0 Å². The number of carbonyl (C=O) groups excluding carboxylic acids is 1. The molecule has 1 aromatic carbocycles. The molecular weight excluding hydrogens is 276 g/mol. The molecule has 0 unspecified atom stereocenters. The van der Waals surface area contributed by atoms with Crippen LogP contribution in [0.1, 0.15) is 37.5 Å². The molecule has 2 rings (SSSR count). The molecule has 4 heteroatoms. The largest absolute Gasteiger partial charge is 0.468 e. The van der Waals surface area contributed by atoms with Crippen molar-refractivity contribution in [1.82, 2.24) is 4.90 Å². The first-order valence-electron chi connectivity index (χ1n) is 7.69. The van der Waals surface area contributed by atoms with E-state index in [0.29, 0.717) is 19.0 Å². The van der Waals surface area contributed by atoms with Crippen LogP contribution in [-0.4, -0.2) is 24.4 Å². The molecule has 0 aliphatic heterocycles. The molecule has 118 valence electrons. The van der Waals surface area contributed by atoms with Gasteiger partial charge in [-0.15, -0.1) is 0 Å². The Morgan fingerprint density at radius 3 is 2.59 bits per heavy atom. The topological polar surface area (TPSA) is 45.5 Å². The number of anilines is 1. The second kappa shape index (κ2) is 7.80. The van der Waals surface area contributed by atoms with Gasteiger partial charge in [-0.1, -0.05) is 26.0 Å². The molecule has 0 aliphatic rings. The average Bonchev–Trinajstić information content (AvgIpc) is 2.99. The van der Waals surface area contributed by atoms with Gasteiger partial charge in [-0.3, -0.25) is 9.69 Å². The highest BCUT2D eigenvalue weighted by Gasteiger charge is 2.09. The molecule has 0 bridgehead atoms. The summed E-state index contributed by atoms with van der Waals surface area (Å²) in [5.74, 6) is 1.38. The predicted molar refractivity (Wildman–Crippen MR) is 88.8 cm³/mol. The fourth-order valence-corrected chi connectivity index (χ4v) is 2.30. The van der Waals surface area contributed by atoms with Crippen LogP contribution in [0.3, 0.4) is 0 Å². The highest BCUT2D eigenvalue weighted by Crippen LogP contribution is 2.20. The van der Waals surface area contributed by atoms with Gasteiger partial charge in [0.15, 0.2) is 0 Å². The molecule has 1 atom stereocenters. The summed E-state index contributed by atoms with van der Waals surface area (Å²) in [6.45, 7) is 5.33. The van der Waals surface area contributed by atoms with Crippen LogP contribution in [0.4, 0.5) is 5.69 Å². The van der Waals surface area contributed by atoms with Gasteiger partial charge in [-0.2, -0.15) is 0 Å². The van der Waals surface area contributed by atoms with Crippen molar-refractivity contribution < 1.29 is 9.21 Å². The van der Waals surface area contributed by atoms with Crippen molar-refractivity contribution in [2.24, 2.45) is 0 Å². The lowest BCUT2D eigenvalue weighted by molar-refractivity contribution is -0.117. The van der Waals surface area contributed by atoms with Crippen molar-refractivity contribution in [3.05, 3.63) is 54.0 Å². The Morgan fingerprint density at radius 2 is 2.00 bits per heavy atom. The Labute approximate surface area is 132 Å². The molecule has 2 aromatic rings. The zero-order valence-corrected chi connectivity index (χ0v) is 13.5. The van der Waals surface area contributed by atoms with Crippen LogP contribution in [0.15, 0.2) is 47.1 Å². The quantitative estimate of drug-likeness (QED) is 0.844. The van der Waals surface area contributed by atoms with Gasteiger partial charge in [0.05, 0.1) is 19.4 Å². The van der Waals surface area contributed by atoms with E-state index in [2.05, 4.69) is 31.3 Å². The summed E-state index contributed by atoms with van der Waals surface area (Å²) < 4.78 is 5.28. The maximum atomic E-state index is 12.0. The van der Waals surface area contributed by atoms with Crippen molar-refractivity contribution in [3.8, 4) is 0 Å². The second-order valence-corrected chi connectivity index (χ2v) is 5.73. The van der Waals surface area contributed by atoms with Crippen LogP contribution in [0.2, 0.25) is 0 Å². The normalized spacial score (nSPS) is 12.4. The number of amides is 1. The van der Waals surface area contributed by atoms with E-state index >= 15 is 0 Å². The first kappa shape index (κ1) is 16.3. The lowest BCUT2D eigenvalue weighted by Gasteiger charge is -2.15. The molecule has 1 aromatic heterocycles. The fraction of sp³-hybridized carbons (Fsp3) is 0.389.